The summed E-state index contributed by atoms with van der Waals surface area (Å²) >= 11 is 11.2. The predicted octanol–water partition coefficient (Wildman–Crippen LogP) is 3.52. The minimum Gasteiger partial charge on any atom is -0.224 e. The zero-order chi connectivity index (χ0) is 12.0. The fourth-order valence-corrected chi connectivity index (χ4v) is 3.01. The van der Waals surface area contributed by atoms with Crippen molar-refractivity contribution in [3.05, 3.63) is 29.3 Å². The lowest BCUT2D eigenvalue weighted by molar-refractivity contribution is 0.591. The van der Waals surface area contributed by atoms with Crippen LogP contribution >= 0.6 is 23.2 Å². The highest BCUT2D eigenvalue weighted by Gasteiger charge is 2.13. The molecule has 0 amide bonds. The summed E-state index contributed by atoms with van der Waals surface area (Å²) in [6.45, 7) is 0. The van der Waals surface area contributed by atoms with Gasteiger partial charge in [-0.1, -0.05) is 18.0 Å². The highest BCUT2D eigenvalue weighted by atomic mass is 35.5. The standard InChI is InChI=1S/C11H14Cl2O2S/c12-8-2-1-3-9-16(14,15)11-6-4-10(13)5-7-11/h4-7H,1-3,8-9H2. The van der Waals surface area contributed by atoms with Crippen LogP contribution < -0.4 is 0 Å². The molecule has 1 aromatic rings. The Kier molecular flexibility index (Phi) is 5.59. The molecule has 0 aliphatic carbocycles. The van der Waals surface area contributed by atoms with Crippen LogP contribution in [0.3, 0.4) is 0 Å². The maximum absolute atomic E-state index is 11.8. The zero-order valence-corrected chi connectivity index (χ0v) is 11.2. The van der Waals surface area contributed by atoms with Crippen molar-refractivity contribution in [2.24, 2.45) is 0 Å². The molecule has 90 valence electrons. The molecule has 2 nitrogen and oxygen atoms in total. The van der Waals surface area contributed by atoms with Crippen molar-refractivity contribution in [2.75, 3.05) is 11.6 Å². The Morgan fingerprint density at radius 3 is 2.19 bits per heavy atom. The van der Waals surface area contributed by atoms with E-state index in [2.05, 4.69) is 0 Å². The van der Waals surface area contributed by atoms with Crippen LogP contribution in [0.2, 0.25) is 5.02 Å². The molecule has 1 rings (SSSR count). The Morgan fingerprint density at radius 2 is 1.62 bits per heavy atom. The van der Waals surface area contributed by atoms with E-state index < -0.39 is 9.84 Å². The summed E-state index contributed by atoms with van der Waals surface area (Å²) in [6, 6.07) is 6.26. The second kappa shape index (κ2) is 6.48. The summed E-state index contributed by atoms with van der Waals surface area (Å²) in [7, 11) is -3.16. The van der Waals surface area contributed by atoms with Crippen LogP contribution in [-0.4, -0.2) is 20.1 Å². The van der Waals surface area contributed by atoms with Crippen molar-refractivity contribution < 1.29 is 8.42 Å². The van der Waals surface area contributed by atoms with Gasteiger partial charge in [-0.05, 0) is 37.1 Å². The molecule has 0 N–H and O–H groups in total. The molecular weight excluding hydrogens is 267 g/mol. The molecular formula is C11H14Cl2O2S. The smallest absolute Gasteiger partial charge is 0.178 e. The van der Waals surface area contributed by atoms with E-state index in [0.717, 1.165) is 12.8 Å². The number of rotatable bonds is 6. The lowest BCUT2D eigenvalue weighted by Crippen LogP contribution is -2.06. The lowest BCUT2D eigenvalue weighted by atomic mass is 10.3. The van der Waals surface area contributed by atoms with Crippen molar-refractivity contribution in [3.8, 4) is 0 Å². The average Bonchev–Trinajstić information content (AvgIpc) is 2.25. The fraction of sp³-hybridized carbons (Fsp3) is 0.455. The molecule has 0 aromatic heterocycles. The summed E-state index contributed by atoms with van der Waals surface area (Å²) in [4.78, 5) is 0.336. The van der Waals surface area contributed by atoms with Crippen LogP contribution in [-0.2, 0) is 9.84 Å². The van der Waals surface area contributed by atoms with E-state index in [1.54, 1.807) is 24.3 Å². The first kappa shape index (κ1) is 13.8. The van der Waals surface area contributed by atoms with Crippen LogP contribution in [0.4, 0.5) is 0 Å². The summed E-state index contributed by atoms with van der Waals surface area (Å²) < 4.78 is 23.7. The number of hydrogen-bond acceptors (Lipinski definition) is 2. The van der Waals surface area contributed by atoms with E-state index in [0.29, 0.717) is 22.2 Å². The van der Waals surface area contributed by atoms with Gasteiger partial charge in [0.05, 0.1) is 10.6 Å². The first-order valence-electron chi connectivity index (χ1n) is 5.10. The molecule has 0 aliphatic rings. The Morgan fingerprint density at radius 1 is 1.00 bits per heavy atom. The summed E-state index contributed by atoms with van der Waals surface area (Å²) in [5, 5.41) is 0.543. The average molecular weight is 281 g/mol. The van der Waals surface area contributed by atoms with Crippen molar-refractivity contribution in [1.29, 1.82) is 0 Å². The van der Waals surface area contributed by atoms with Gasteiger partial charge in [-0.3, -0.25) is 0 Å². The first-order chi connectivity index (χ1) is 7.56. The monoisotopic (exact) mass is 280 g/mol. The molecule has 0 radical (unpaired) electrons. The Labute approximate surface area is 106 Å². The van der Waals surface area contributed by atoms with Gasteiger partial charge in [0.1, 0.15) is 0 Å². The van der Waals surface area contributed by atoms with Crippen LogP contribution in [0.5, 0.6) is 0 Å². The Balaban J connectivity index is 2.60. The quantitative estimate of drug-likeness (QED) is 0.590. The summed E-state index contributed by atoms with van der Waals surface area (Å²) in [5.41, 5.74) is 0. The molecule has 0 saturated carbocycles. The van der Waals surface area contributed by atoms with Gasteiger partial charge in [0, 0.05) is 10.9 Å². The maximum Gasteiger partial charge on any atom is 0.178 e. The van der Waals surface area contributed by atoms with Gasteiger partial charge in [0.2, 0.25) is 0 Å². The number of alkyl halides is 1. The van der Waals surface area contributed by atoms with Crippen molar-refractivity contribution in [3.63, 3.8) is 0 Å². The van der Waals surface area contributed by atoms with Gasteiger partial charge in [-0.15, -0.1) is 11.6 Å². The lowest BCUT2D eigenvalue weighted by Gasteiger charge is -2.03. The van der Waals surface area contributed by atoms with E-state index in [4.69, 9.17) is 23.2 Å². The molecule has 0 heterocycles. The summed E-state index contributed by atoms with van der Waals surface area (Å²) in [6.07, 6.45) is 2.35. The van der Waals surface area contributed by atoms with Gasteiger partial charge < -0.3 is 0 Å². The van der Waals surface area contributed by atoms with Crippen LogP contribution in [0.25, 0.3) is 0 Å². The molecule has 0 spiro atoms. The Bertz CT molecular complexity index is 412. The minimum absolute atomic E-state index is 0.172. The van der Waals surface area contributed by atoms with Crippen molar-refractivity contribution in [2.45, 2.75) is 24.2 Å². The highest BCUT2D eigenvalue weighted by molar-refractivity contribution is 7.91. The molecule has 0 fully saturated rings. The van der Waals surface area contributed by atoms with Gasteiger partial charge in [-0.25, -0.2) is 8.42 Å². The maximum atomic E-state index is 11.8. The van der Waals surface area contributed by atoms with Crippen LogP contribution in [0.1, 0.15) is 19.3 Å². The van der Waals surface area contributed by atoms with Crippen LogP contribution in [0, 0.1) is 0 Å². The molecule has 0 aliphatic heterocycles. The normalized spacial score (nSPS) is 11.6. The minimum atomic E-state index is -3.16. The van der Waals surface area contributed by atoms with E-state index >= 15 is 0 Å². The molecule has 0 atom stereocenters. The highest BCUT2D eigenvalue weighted by Crippen LogP contribution is 2.16. The zero-order valence-electron chi connectivity index (χ0n) is 8.83. The summed E-state index contributed by atoms with van der Waals surface area (Å²) in [5.74, 6) is 0.756. The molecule has 1 aromatic carbocycles. The van der Waals surface area contributed by atoms with E-state index in [1.807, 2.05) is 0 Å². The van der Waals surface area contributed by atoms with E-state index in [9.17, 15) is 8.42 Å². The molecule has 0 bridgehead atoms. The number of sulfone groups is 1. The number of hydrogen-bond donors (Lipinski definition) is 0. The van der Waals surface area contributed by atoms with Gasteiger partial charge in [0.25, 0.3) is 0 Å². The third kappa shape index (κ3) is 4.32. The molecule has 5 heteroatoms. The van der Waals surface area contributed by atoms with Crippen molar-refractivity contribution >= 4 is 33.0 Å². The fourth-order valence-electron chi connectivity index (χ4n) is 1.32. The second-order valence-corrected chi connectivity index (χ2v) is 6.45. The largest absolute Gasteiger partial charge is 0.224 e. The molecule has 16 heavy (non-hydrogen) atoms. The second-order valence-electron chi connectivity index (χ2n) is 3.52. The van der Waals surface area contributed by atoms with E-state index in [-0.39, 0.29) is 5.75 Å². The topological polar surface area (TPSA) is 34.1 Å². The number of unbranched alkanes of at least 4 members (excludes halogenated alkanes) is 2. The third-order valence-corrected chi connectivity index (χ3v) is 4.56. The predicted molar refractivity (Wildman–Crippen MR) is 68.1 cm³/mol. The van der Waals surface area contributed by atoms with Gasteiger partial charge >= 0.3 is 0 Å². The molecule has 0 unspecified atom stereocenters. The first-order valence-corrected chi connectivity index (χ1v) is 7.67. The van der Waals surface area contributed by atoms with Crippen LogP contribution in [0.15, 0.2) is 29.2 Å². The van der Waals surface area contributed by atoms with Gasteiger partial charge in [0.15, 0.2) is 9.84 Å². The van der Waals surface area contributed by atoms with Gasteiger partial charge in [-0.2, -0.15) is 0 Å². The SMILES string of the molecule is O=S(=O)(CCCCCCl)c1ccc(Cl)cc1. The molecule has 0 saturated heterocycles. The van der Waals surface area contributed by atoms with Crippen molar-refractivity contribution in [1.82, 2.24) is 0 Å². The Hall–Kier alpha value is -0.250. The number of benzene rings is 1. The van der Waals surface area contributed by atoms with E-state index in [1.165, 1.54) is 0 Å². The third-order valence-electron chi connectivity index (χ3n) is 2.22. The number of halogens is 2.